The highest BCUT2D eigenvalue weighted by Gasteiger charge is 2.37. The van der Waals surface area contributed by atoms with E-state index in [9.17, 15) is 9.59 Å². The van der Waals surface area contributed by atoms with Crippen LogP contribution in [0.3, 0.4) is 0 Å². The molecule has 0 saturated carbocycles. The monoisotopic (exact) mass is 281 g/mol. The quantitative estimate of drug-likeness (QED) is 0.826. The lowest BCUT2D eigenvalue weighted by Gasteiger charge is -2.20. The third-order valence-electron chi connectivity index (χ3n) is 3.69. The van der Waals surface area contributed by atoms with Crippen molar-refractivity contribution in [2.45, 2.75) is 19.9 Å². The lowest BCUT2D eigenvalue weighted by atomic mass is 9.99. The van der Waals surface area contributed by atoms with E-state index in [-0.39, 0.29) is 24.5 Å². The number of urea groups is 1. The molecule has 2 amide bonds. The van der Waals surface area contributed by atoms with Crippen LogP contribution in [0.25, 0.3) is 0 Å². The van der Waals surface area contributed by atoms with E-state index < -0.39 is 11.9 Å². The summed E-state index contributed by atoms with van der Waals surface area (Å²) in [6, 6.07) is -0.551. The van der Waals surface area contributed by atoms with Crippen LogP contribution < -0.4 is 5.32 Å². The van der Waals surface area contributed by atoms with Gasteiger partial charge in [0.15, 0.2) is 5.82 Å². The van der Waals surface area contributed by atoms with Crippen molar-refractivity contribution < 1.29 is 14.7 Å². The average Bonchev–Trinajstić information content (AvgIpc) is 2.95. The second-order valence-electron chi connectivity index (χ2n) is 5.30. The number of aromatic nitrogens is 3. The van der Waals surface area contributed by atoms with Crippen LogP contribution in [0.4, 0.5) is 4.79 Å². The van der Waals surface area contributed by atoms with Crippen molar-refractivity contribution in [3.63, 3.8) is 0 Å². The first kappa shape index (κ1) is 14.3. The molecule has 2 rings (SSSR count). The summed E-state index contributed by atoms with van der Waals surface area (Å²) in [6.45, 7) is 4.36. The fraction of sp³-hybridized carbons (Fsp3) is 0.667. The van der Waals surface area contributed by atoms with Crippen molar-refractivity contribution in [3.05, 3.63) is 12.2 Å². The van der Waals surface area contributed by atoms with E-state index in [1.54, 1.807) is 17.9 Å². The molecule has 1 aliphatic heterocycles. The Labute approximate surface area is 116 Å². The maximum atomic E-state index is 12.1. The van der Waals surface area contributed by atoms with E-state index in [0.29, 0.717) is 12.4 Å². The molecule has 0 aromatic carbocycles. The van der Waals surface area contributed by atoms with Gasteiger partial charge in [0.2, 0.25) is 0 Å². The van der Waals surface area contributed by atoms with Crippen LogP contribution >= 0.6 is 0 Å². The molecular formula is C12H19N5O3. The number of hydrogen-bond donors (Lipinski definition) is 2. The molecule has 3 unspecified atom stereocenters. The summed E-state index contributed by atoms with van der Waals surface area (Å²) < 4.78 is 1.73. The first-order valence-corrected chi connectivity index (χ1v) is 6.52. The number of carbonyl (C=O) groups is 2. The van der Waals surface area contributed by atoms with Crippen LogP contribution in [-0.2, 0) is 11.8 Å². The molecule has 0 bridgehead atoms. The van der Waals surface area contributed by atoms with Gasteiger partial charge < -0.3 is 19.9 Å². The van der Waals surface area contributed by atoms with Gasteiger partial charge >= 0.3 is 12.0 Å². The molecule has 2 N–H and O–H groups in total. The predicted octanol–water partition coefficient (Wildman–Crippen LogP) is 0.238. The summed E-state index contributed by atoms with van der Waals surface area (Å²) in [5, 5.41) is 19.6. The Bertz CT molecular complexity index is 515. The number of nitrogens with zero attached hydrogens (tertiary/aromatic N) is 4. The molecular weight excluding hydrogens is 262 g/mol. The minimum atomic E-state index is -0.853. The zero-order valence-electron chi connectivity index (χ0n) is 11.8. The van der Waals surface area contributed by atoms with Crippen LogP contribution in [-0.4, -0.2) is 49.9 Å². The maximum Gasteiger partial charge on any atom is 0.318 e. The van der Waals surface area contributed by atoms with Gasteiger partial charge in [-0.05, 0) is 12.8 Å². The van der Waals surface area contributed by atoms with Gasteiger partial charge in [0.25, 0.3) is 0 Å². The SMILES string of the molecule is CC(NC(=O)N1CC(C)C(C(=O)O)C1)c1nncn1C. The van der Waals surface area contributed by atoms with E-state index in [0.717, 1.165) is 0 Å². The minimum Gasteiger partial charge on any atom is -0.481 e. The van der Waals surface area contributed by atoms with Crippen LogP contribution in [0, 0.1) is 11.8 Å². The number of aliphatic carboxylic acids is 1. The summed E-state index contributed by atoms with van der Waals surface area (Å²) >= 11 is 0. The number of carboxylic acids is 1. The van der Waals surface area contributed by atoms with Gasteiger partial charge in [-0.3, -0.25) is 4.79 Å². The second-order valence-corrected chi connectivity index (χ2v) is 5.30. The van der Waals surface area contributed by atoms with Gasteiger partial charge in [-0.15, -0.1) is 10.2 Å². The van der Waals surface area contributed by atoms with Gasteiger partial charge in [-0.2, -0.15) is 0 Å². The molecule has 1 fully saturated rings. The van der Waals surface area contributed by atoms with Gasteiger partial charge in [0.05, 0.1) is 12.0 Å². The topological polar surface area (TPSA) is 100 Å². The standard InChI is InChI=1S/C12H19N5O3/c1-7-4-17(5-9(7)11(18)19)12(20)14-8(2)10-15-13-6-16(10)3/h6-9H,4-5H2,1-3H3,(H,14,20)(H,18,19). The molecule has 20 heavy (non-hydrogen) atoms. The van der Waals surface area contributed by atoms with Gasteiger partial charge in [-0.1, -0.05) is 6.92 Å². The van der Waals surface area contributed by atoms with E-state index >= 15 is 0 Å². The number of rotatable bonds is 3. The van der Waals surface area contributed by atoms with Crippen molar-refractivity contribution in [2.75, 3.05) is 13.1 Å². The van der Waals surface area contributed by atoms with E-state index in [1.807, 2.05) is 13.8 Å². The van der Waals surface area contributed by atoms with Crippen LogP contribution in [0.2, 0.25) is 0 Å². The highest BCUT2D eigenvalue weighted by Crippen LogP contribution is 2.23. The van der Waals surface area contributed by atoms with E-state index in [1.165, 1.54) is 4.90 Å². The minimum absolute atomic E-state index is 0.0385. The summed E-state index contributed by atoms with van der Waals surface area (Å²) in [7, 11) is 1.80. The summed E-state index contributed by atoms with van der Waals surface area (Å²) in [6.07, 6.45) is 1.57. The highest BCUT2D eigenvalue weighted by molar-refractivity contribution is 5.77. The molecule has 0 radical (unpaired) electrons. The van der Waals surface area contributed by atoms with Gasteiger partial charge in [-0.25, -0.2) is 4.79 Å². The molecule has 0 spiro atoms. The number of amides is 2. The molecule has 8 nitrogen and oxygen atoms in total. The summed E-state index contributed by atoms with van der Waals surface area (Å²) in [5.41, 5.74) is 0. The fourth-order valence-corrected chi connectivity index (χ4v) is 2.48. The molecule has 8 heteroatoms. The van der Waals surface area contributed by atoms with E-state index in [2.05, 4.69) is 15.5 Å². The number of likely N-dealkylation sites (tertiary alicyclic amines) is 1. The van der Waals surface area contributed by atoms with Gasteiger partial charge in [0, 0.05) is 20.1 Å². The predicted molar refractivity (Wildman–Crippen MR) is 69.8 cm³/mol. The Kier molecular flexibility index (Phi) is 3.91. The molecule has 3 atom stereocenters. The number of aryl methyl sites for hydroxylation is 1. The zero-order chi connectivity index (χ0) is 14.9. The molecule has 1 aromatic rings. The summed E-state index contributed by atoms with van der Waals surface area (Å²) in [5.74, 6) is -0.733. The largest absolute Gasteiger partial charge is 0.481 e. The average molecular weight is 281 g/mol. The number of nitrogens with one attached hydrogen (secondary N) is 1. The Hall–Kier alpha value is -2.12. The fourth-order valence-electron chi connectivity index (χ4n) is 2.48. The van der Waals surface area contributed by atoms with E-state index in [4.69, 9.17) is 5.11 Å². The number of carbonyl (C=O) groups excluding carboxylic acids is 1. The van der Waals surface area contributed by atoms with Crippen molar-refractivity contribution >= 4 is 12.0 Å². The second kappa shape index (κ2) is 5.48. The van der Waals surface area contributed by atoms with Crippen LogP contribution in [0.5, 0.6) is 0 Å². The Morgan fingerprint density at radius 3 is 2.70 bits per heavy atom. The molecule has 2 heterocycles. The third-order valence-corrected chi connectivity index (χ3v) is 3.69. The maximum absolute atomic E-state index is 12.1. The first-order valence-electron chi connectivity index (χ1n) is 6.52. The molecule has 110 valence electrons. The Balaban J connectivity index is 1.96. The van der Waals surface area contributed by atoms with Crippen LogP contribution in [0.1, 0.15) is 25.7 Å². The lowest BCUT2D eigenvalue weighted by molar-refractivity contribution is -0.142. The Morgan fingerprint density at radius 2 is 2.20 bits per heavy atom. The molecule has 1 aliphatic rings. The van der Waals surface area contributed by atoms with Crippen LogP contribution in [0.15, 0.2) is 6.33 Å². The molecule has 1 saturated heterocycles. The normalized spacial score (nSPS) is 23.6. The molecule has 0 aliphatic carbocycles. The van der Waals surface area contributed by atoms with Crippen molar-refractivity contribution in [2.24, 2.45) is 18.9 Å². The summed E-state index contributed by atoms with van der Waals surface area (Å²) in [4.78, 5) is 24.7. The first-order chi connectivity index (χ1) is 9.40. The number of hydrogen-bond acceptors (Lipinski definition) is 4. The zero-order valence-corrected chi connectivity index (χ0v) is 11.8. The van der Waals surface area contributed by atoms with Gasteiger partial charge in [0.1, 0.15) is 6.33 Å². The highest BCUT2D eigenvalue weighted by atomic mass is 16.4. The number of carboxylic acid groups (broad SMARTS) is 1. The van der Waals surface area contributed by atoms with Crippen molar-refractivity contribution in [3.8, 4) is 0 Å². The van der Waals surface area contributed by atoms with Crippen molar-refractivity contribution in [1.29, 1.82) is 0 Å². The smallest absolute Gasteiger partial charge is 0.318 e. The van der Waals surface area contributed by atoms with Crippen molar-refractivity contribution in [1.82, 2.24) is 25.0 Å². The third kappa shape index (κ3) is 2.73. The molecule has 1 aromatic heterocycles. The lowest BCUT2D eigenvalue weighted by Crippen LogP contribution is -2.40. The Morgan fingerprint density at radius 1 is 1.50 bits per heavy atom.